The molecule has 74 valence electrons. The molecule has 2 unspecified atom stereocenters. The van der Waals surface area contributed by atoms with Crippen molar-refractivity contribution in [3.63, 3.8) is 0 Å². The summed E-state index contributed by atoms with van der Waals surface area (Å²) in [5, 5.41) is 10.1. The van der Waals surface area contributed by atoms with Crippen LogP contribution in [0.2, 0.25) is 0 Å². The molecular weight excluding hydrogens is 150 g/mol. The topological polar surface area (TPSA) is 46.2 Å². The Morgan fingerprint density at radius 2 is 1.92 bits per heavy atom. The van der Waals surface area contributed by atoms with Gasteiger partial charge in [0.1, 0.15) is 0 Å². The normalized spacial score (nSPS) is 18.8. The van der Waals surface area contributed by atoms with Gasteiger partial charge in [-0.15, -0.1) is 0 Å². The zero-order valence-corrected chi connectivity index (χ0v) is 8.64. The second-order valence-electron chi connectivity index (χ2n) is 3.75. The fraction of sp³-hybridized carbons (Fsp3) is 1.00. The highest BCUT2D eigenvalue weighted by atomic mass is 16.3. The van der Waals surface area contributed by atoms with E-state index in [4.69, 9.17) is 5.73 Å². The fourth-order valence-electron chi connectivity index (χ4n) is 1.68. The maximum atomic E-state index is 10.1. The lowest BCUT2D eigenvalue weighted by Crippen LogP contribution is -2.43. The largest absolute Gasteiger partial charge is 0.388 e. The van der Waals surface area contributed by atoms with Crippen molar-refractivity contribution in [3.05, 3.63) is 0 Å². The summed E-state index contributed by atoms with van der Waals surface area (Å²) in [5.74, 6) is 0.326. The lowest BCUT2D eigenvalue weighted by molar-refractivity contribution is -0.0151. The van der Waals surface area contributed by atoms with Crippen LogP contribution < -0.4 is 5.73 Å². The Bertz CT molecular complexity index is 116. The molecule has 0 aromatic carbocycles. The molecule has 0 aliphatic carbocycles. The van der Waals surface area contributed by atoms with E-state index in [1.54, 1.807) is 0 Å². The maximum Gasteiger partial charge on any atom is 0.0794 e. The minimum absolute atomic E-state index is 0.326. The van der Waals surface area contributed by atoms with Gasteiger partial charge >= 0.3 is 0 Å². The summed E-state index contributed by atoms with van der Waals surface area (Å²) in [6.45, 7) is 6.70. The smallest absolute Gasteiger partial charge is 0.0794 e. The van der Waals surface area contributed by atoms with E-state index in [9.17, 15) is 5.11 Å². The van der Waals surface area contributed by atoms with Crippen molar-refractivity contribution < 1.29 is 5.11 Å². The van der Waals surface area contributed by atoms with Gasteiger partial charge in [-0.2, -0.15) is 0 Å². The summed E-state index contributed by atoms with van der Waals surface area (Å²) in [7, 11) is 0. The van der Waals surface area contributed by atoms with Gasteiger partial charge in [-0.05, 0) is 18.8 Å². The highest BCUT2D eigenvalue weighted by Gasteiger charge is 2.30. The predicted octanol–water partition coefficient (Wildman–Crippen LogP) is 1.91. The zero-order chi connectivity index (χ0) is 9.61. The molecule has 0 bridgehead atoms. The molecule has 0 rings (SSSR count). The third-order valence-electron chi connectivity index (χ3n) is 2.68. The third kappa shape index (κ3) is 3.11. The molecule has 0 heterocycles. The van der Waals surface area contributed by atoms with Gasteiger partial charge in [0.2, 0.25) is 0 Å². The highest BCUT2D eigenvalue weighted by molar-refractivity contribution is 4.84. The molecule has 0 aromatic rings. The molecule has 12 heavy (non-hydrogen) atoms. The summed E-state index contributed by atoms with van der Waals surface area (Å²) < 4.78 is 0. The molecular formula is C10H23NO. The molecule has 2 heteroatoms. The Kier molecular flexibility index (Phi) is 5.51. The minimum atomic E-state index is -0.620. The number of nitrogens with two attached hydrogens (primary N) is 1. The van der Waals surface area contributed by atoms with Crippen LogP contribution in [0.25, 0.3) is 0 Å². The molecule has 0 radical (unpaired) electrons. The van der Waals surface area contributed by atoms with Crippen molar-refractivity contribution in [2.75, 3.05) is 6.54 Å². The summed E-state index contributed by atoms with van der Waals surface area (Å²) in [6, 6.07) is 0. The Labute approximate surface area is 76.2 Å². The van der Waals surface area contributed by atoms with E-state index in [1.165, 1.54) is 0 Å². The molecule has 0 spiro atoms. The van der Waals surface area contributed by atoms with E-state index < -0.39 is 5.60 Å². The molecule has 2 nitrogen and oxygen atoms in total. The average molecular weight is 173 g/mol. The monoisotopic (exact) mass is 173 g/mol. The van der Waals surface area contributed by atoms with Crippen LogP contribution in [0.1, 0.15) is 46.5 Å². The van der Waals surface area contributed by atoms with E-state index in [1.807, 2.05) is 0 Å². The first kappa shape index (κ1) is 11.9. The van der Waals surface area contributed by atoms with Crippen molar-refractivity contribution in [2.24, 2.45) is 11.7 Å². The predicted molar refractivity (Wildman–Crippen MR) is 53.0 cm³/mol. The van der Waals surface area contributed by atoms with Gasteiger partial charge in [0.25, 0.3) is 0 Å². The van der Waals surface area contributed by atoms with Crippen LogP contribution in [0, 0.1) is 5.92 Å². The van der Waals surface area contributed by atoms with E-state index >= 15 is 0 Å². The Hall–Kier alpha value is -0.0800. The molecule has 0 saturated heterocycles. The van der Waals surface area contributed by atoms with Crippen LogP contribution in [0.3, 0.4) is 0 Å². The first-order valence-corrected chi connectivity index (χ1v) is 5.03. The third-order valence-corrected chi connectivity index (χ3v) is 2.68. The number of hydrogen-bond donors (Lipinski definition) is 2. The summed E-state index contributed by atoms with van der Waals surface area (Å²) >= 11 is 0. The molecule has 0 aliphatic rings. The number of aliphatic hydroxyl groups is 1. The molecule has 2 atom stereocenters. The van der Waals surface area contributed by atoms with E-state index in [-0.39, 0.29) is 0 Å². The van der Waals surface area contributed by atoms with Crippen molar-refractivity contribution in [1.29, 1.82) is 0 Å². The quantitative estimate of drug-likeness (QED) is 0.644. The van der Waals surface area contributed by atoms with E-state index in [0.29, 0.717) is 12.5 Å². The molecule has 0 fully saturated rings. The van der Waals surface area contributed by atoms with Crippen LogP contribution >= 0.6 is 0 Å². The average Bonchev–Trinajstić information content (AvgIpc) is 2.05. The molecule has 0 aromatic heterocycles. The number of hydrogen-bond acceptors (Lipinski definition) is 2. The highest BCUT2D eigenvalue weighted by Crippen LogP contribution is 2.25. The van der Waals surface area contributed by atoms with Crippen molar-refractivity contribution in [1.82, 2.24) is 0 Å². The van der Waals surface area contributed by atoms with Gasteiger partial charge in [-0.25, -0.2) is 0 Å². The van der Waals surface area contributed by atoms with Gasteiger partial charge < -0.3 is 10.8 Å². The molecule has 0 saturated carbocycles. The molecule has 3 N–H and O–H groups in total. The summed E-state index contributed by atoms with van der Waals surface area (Å²) in [4.78, 5) is 0. The van der Waals surface area contributed by atoms with Crippen molar-refractivity contribution >= 4 is 0 Å². The second-order valence-corrected chi connectivity index (χ2v) is 3.75. The van der Waals surface area contributed by atoms with Crippen molar-refractivity contribution in [3.8, 4) is 0 Å². The molecule has 0 amide bonds. The van der Waals surface area contributed by atoms with E-state index in [2.05, 4.69) is 20.8 Å². The zero-order valence-electron chi connectivity index (χ0n) is 8.64. The second kappa shape index (κ2) is 5.55. The lowest BCUT2D eigenvalue weighted by atomic mass is 9.82. The van der Waals surface area contributed by atoms with E-state index in [0.717, 1.165) is 25.7 Å². The lowest BCUT2D eigenvalue weighted by Gasteiger charge is -2.32. The van der Waals surface area contributed by atoms with Gasteiger partial charge in [-0.3, -0.25) is 0 Å². The maximum absolute atomic E-state index is 10.1. The van der Waals surface area contributed by atoms with Crippen LogP contribution in [-0.4, -0.2) is 17.3 Å². The summed E-state index contributed by atoms with van der Waals surface area (Å²) in [5.41, 5.74) is 4.95. The first-order chi connectivity index (χ1) is 5.60. The van der Waals surface area contributed by atoms with Crippen LogP contribution in [0.4, 0.5) is 0 Å². The fourth-order valence-corrected chi connectivity index (χ4v) is 1.68. The van der Waals surface area contributed by atoms with Gasteiger partial charge in [-0.1, -0.05) is 33.6 Å². The van der Waals surface area contributed by atoms with Gasteiger partial charge in [0.15, 0.2) is 0 Å². The Morgan fingerprint density at radius 3 is 2.25 bits per heavy atom. The van der Waals surface area contributed by atoms with Crippen LogP contribution in [0.15, 0.2) is 0 Å². The number of rotatable bonds is 6. The van der Waals surface area contributed by atoms with Crippen LogP contribution in [-0.2, 0) is 0 Å². The standard InChI is InChI=1S/C10H23NO/c1-4-6-9(3)10(12,8-11)7-5-2/h9,12H,4-8,11H2,1-3H3. The molecule has 0 aliphatic heterocycles. The SMILES string of the molecule is CCCC(C)C(O)(CN)CCC. The Balaban J connectivity index is 4.08. The first-order valence-electron chi connectivity index (χ1n) is 5.03. The summed E-state index contributed by atoms with van der Waals surface area (Å²) in [6.07, 6.45) is 4.01. The minimum Gasteiger partial charge on any atom is -0.388 e. The Morgan fingerprint density at radius 1 is 1.33 bits per heavy atom. The van der Waals surface area contributed by atoms with Gasteiger partial charge in [0, 0.05) is 6.54 Å². The van der Waals surface area contributed by atoms with Crippen molar-refractivity contribution in [2.45, 2.75) is 52.1 Å². The van der Waals surface area contributed by atoms with Gasteiger partial charge in [0.05, 0.1) is 5.60 Å². The van der Waals surface area contributed by atoms with Crippen LogP contribution in [0.5, 0.6) is 0 Å².